The highest BCUT2D eigenvalue weighted by atomic mass is 16.5. The standard InChI is InChI=1S/C16H15NO5/c1-17-12-8-6-4-5-7-9(8)14(18)13(17)11(16(20)22-3)10(12)15(19)21-2/h4-7,12-13H,1-3H3. The van der Waals surface area contributed by atoms with Crippen molar-refractivity contribution in [2.45, 2.75) is 12.1 Å². The van der Waals surface area contributed by atoms with Gasteiger partial charge >= 0.3 is 11.9 Å². The highest BCUT2D eigenvalue weighted by Crippen LogP contribution is 2.46. The number of carbonyl (C=O) groups is 3. The van der Waals surface area contributed by atoms with Crippen molar-refractivity contribution < 1.29 is 23.9 Å². The molecule has 114 valence electrons. The number of carbonyl (C=O) groups excluding carboxylic acids is 3. The van der Waals surface area contributed by atoms with Crippen LogP contribution in [0.25, 0.3) is 0 Å². The first-order chi connectivity index (χ1) is 10.5. The molecule has 0 N–H and O–H groups in total. The Kier molecular flexibility index (Phi) is 3.33. The minimum atomic E-state index is -0.818. The molecule has 1 aromatic rings. The Bertz CT molecular complexity index is 721. The first kappa shape index (κ1) is 14.5. The zero-order chi connectivity index (χ0) is 16.0. The van der Waals surface area contributed by atoms with E-state index in [1.165, 1.54) is 14.2 Å². The predicted octanol–water partition coefficient (Wildman–Crippen LogP) is 0.881. The van der Waals surface area contributed by atoms with Crippen molar-refractivity contribution in [1.29, 1.82) is 0 Å². The highest BCUT2D eigenvalue weighted by molar-refractivity contribution is 6.15. The summed E-state index contributed by atoms with van der Waals surface area (Å²) in [6.07, 6.45) is 0. The highest BCUT2D eigenvalue weighted by Gasteiger charge is 2.53. The first-order valence-corrected chi connectivity index (χ1v) is 6.78. The number of benzene rings is 1. The number of Topliss-reactive ketones (excluding diaryl/α,β-unsaturated/α-hetero) is 1. The van der Waals surface area contributed by atoms with E-state index >= 15 is 0 Å². The zero-order valence-corrected chi connectivity index (χ0v) is 12.5. The molecule has 0 saturated heterocycles. The fourth-order valence-corrected chi connectivity index (χ4v) is 3.31. The van der Waals surface area contributed by atoms with Crippen molar-refractivity contribution in [3.63, 3.8) is 0 Å². The quantitative estimate of drug-likeness (QED) is 0.755. The van der Waals surface area contributed by atoms with Gasteiger partial charge < -0.3 is 9.47 Å². The van der Waals surface area contributed by atoms with Crippen LogP contribution in [-0.2, 0) is 19.1 Å². The second kappa shape index (κ2) is 5.06. The van der Waals surface area contributed by atoms with Gasteiger partial charge in [0.25, 0.3) is 0 Å². The van der Waals surface area contributed by atoms with Gasteiger partial charge in [-0.15, -0.1) is 0 Å². The van der Waals surface area contributed by atoms with Crippen molar-refractivity contribution in [2.24, 2.45) is 0 Å². The van der Waals surface area contributed by atoms with Crippen LogP contribution in [0.5, 0.6) is 0 Å². The summed E-state index contributed by atoms with van der Waals surface area (Å²) in [4.78, 5) is 38.8. The second-order valence-corrected chi connectivity index (χ2v) is 5.23. The summed E-state index contributed by atoms with van der Waals surface area (Å²) in [5.74, 6) is -1.51. The fourth-order valence-electron chi connectivity index (χ4n) is 3.31. The number of nitrogens with zero attached hydrogens (tertiary/aromatic N) is 1. The van der Waals surface area contributed by atoms with Crippen molar-refractivity contribution in [2.75, 3.05) is 21.3 Å². The minimum absolute atomic E-state index is 0.0723. The zero-order valence-electron chi connectivity index (χ0n) is 12.5. The summed E-state index contributed by atoms with van der Waals surface area (Å²) in [5, 5.41) is 0. The van der Waals surface area contributed by atoms with Crippen molar-refractivity contribution in [3.8, 4) is 0 Å². The van der Waals surface area contributed by atoms with Gasteiger partial charge in [-0.3, -0.25) is 9.69 Å². The summed E-state index contributed by atoms with van der Waals surface area (Å²) >= 11 is 0. The molecule has 6 nitrogen and oxygen atoms in total. The monoisotopic (exact) mass is 301 g/mol. The topological polar surface area (TPSA) is 72.9 Å². The lowest BCUT2D eigenvalue weighted by molar-refractivity contribution is -0.139. The van der Waals surface area contributed by atoms with Gasteiger partial charge in [-0.1, -0.05) is 24.3 Å². The fraction of sp³-hybridized carbons (Fsp3) is 0.312. The smallest absolute Gasteiger partial charge is 0.336 e. The largest absolute Gasteiger partial charge is 0.466 e. The number of hydrogen-bond acceptors (Lipinski definition) is 6. The second-order valence-electron chi connectivity index (χ2n) is 5.23. The molecule has 3 rings (SSSR count). The van der Waals surface area contributed by atoms with E-state index in [-0.39, 0.29) is 16.9 Å². The van der Waals surface area contributed by atoms with Gasteiger partial charge in [-0.05, 0) is 12.6 Å². The van der Waals surface area contributed by atoms with Crippen LogP contribution in [0.15, 0.2) is 35.4 Å². The first-order valence-electron chi connectivity index (χ1n) is 6.78. The van der Waals surface area contributed by atoms with Crippen LogP contribution in [0.2, 0.25) is 0 Å². The summed E-state index contributed by atoms with van der Waals surface area (Å²) < 4.78 is 9.60. The average Bonchev–Trinajstić information content (AvgIpc) is 2.78. The van der Waals surface area contributed by atoms with E-state index in [0.717, 1.165) is 0 Å². The molecular weight excluding hydrogens is 286 g/mol. The third kappa shape index (κ3) is 1.74. The Morgan fingerprint density at radius 3 is 2.14 bits per heavy atom. The van der Waals surface area contributed by atoms with Gasteiger partial charge in [0.15, 0.2) is 5.78 Å². The minimum Gasteiger partial charge on any atom is -0.466 e. The molecule has 6 heteroatoms. The molecule has 22 heavy (non-hydrogen) atoms. The Morgan fingerprint density at radius 1 is 1.00 bits per heavy atom. The average molecular weight is 301 g/mol. The molecule has 0 aliphatic carbocycles. The van der Waals surface area contributed by atoms with Gasteiger partial charge in [-0.25, -0.2) is 9.59 Å². The third-order valence-corrected chi connectivity index (χ3v) is 4.23. The molecule has 0 saturated carbocycles. The number of hydrogen-bond donors (Lipinski definition) is 0. The normalized spacial score (nSPS) is 23.3. The molecule has 0 amide bonds. The van der Waals surface area contributed by atoms with Crippen LogP contribution < -0.4 is 0 Å². The molecular formula is C16H15NO5. The number of methoxy groups -OCH3 is 2. The molecule has 2 atom stereocenters. The summed E-state index contributed by atoms with van der Waals surface area (Å²) in [5.41, 5.74) is 1.48. The van der Waals surface area contributed by atoms with Crippen LogP contribution in [0, 0.1) is 0 Å². The van der Waals surface area contributed by atoms with Gasteiger partial charge in [0.2, 0.25) is 0 Å². The van der Waals surface area contributed by atoms with E-state index in [1.54, 1.807) is 36.2 Å². The third-order valence-electron chi connectivity index (χ3n) is 4.23. The molecule has 2 aliphatic heterocycles. The lowest BCUT2D eigenvalue weighted by Gasteiger charge is -2.33. The maximum Gasteiger partial charge on any atom is 0.336 e. The van der Waals surface area contributed by atoms with Crippen LogP contribution in [0.4, 0.5) is 0 Å². The Labute approximate surface area is 127 Å². The Hall–Kier alpha value is -2.47. The molecule has 0 radical (unpaired) electrons. The molecule has 2 heterocycles. The summed E-state index contributed by atoms with van der Waals surface area (Å²) in [6, 6.07) is 5.75. The van der Waals surface area contributed by atoms with Gasteiger partial charge in [0, 0.05) is 5.56 Å². The molecule has 0 spiro atoms. The maximum absolute atomic E-state index is 12.7. The van der Waals surface area contributed by atoms with E-state index in [9.17, 15) is 14.4 Å². The molecule has 2 unspecified atom stereocenters. The van der Waals surface area contributed by atoms with Crippen LogP contribution >= 0.6 is 0 Å². The van der Waals surface area contributed by atoms with Crippen LogP contribution in [-0.4, -0.2) is 49.9 Å². The summed E-state index contributed by atoms with van der Waals surface area (Å²) in [6.45, 7) is 0. The number of rotatable bonds is 2. The lowest BCUT2D eigenvalue weighted by atomic mass is 9.90. The van der Waals surface area contributed by atoms with E-state index in [1.807, 2.05) is 0 Å². The van der Waals surface area contributed by atoms with E-state index in [0.29, 0.717) is 11.1 Å². The van der Waals surface area contributed by atoms with Crippen molar-refractivity contribution in [3.05, 3.63) is 46.5 Å². The van der Waals surface area contributed by atoms with E-state index < -0.39 is 24.0 Å². The number of ketones is 1. The molecule has 1 aromatic carbocycles. The van der Waals surface area contributed by atoms with E-state index in [2.05, 4.69) is 0 Å². The Balaban J connectivity index is 2.29. The van der Waals surface area contributed by atoms with Gasteiger partial charge in [-0.2, -0.15) is 0 Å². The van der Waals surface area contributed by atoms with E-state index in [4.69, 9.17) is 9.47 Å². The predicted molar refractivity (Wildman–Crippen MR) is 76.1 cm³/mol. The maximum atomic E-state index is 12.7. The van der Waals surface area contributed by atoms with Crippen LogP contribution in [0.1, 0.15) is 22.0 Å². The number of ether oxygens (including phenoxy) is 2. The molecule has 2 bridgehead atoms. The SMILES string of the molecule is COC(=O)C1=C(C(=O)OC)C2c3ccccc3C(=O)C1N2C. The number of likely N-dealkylation sites (N-methyl/N-ethyl adjacent to an activating group) is 1. The lowest BCUT2D eigenvalue weighted by Crippen LogP contribution is -2.43. The van der Waals surface area contributed by atoms with Gasteiger partial charge in [0.05, 0.1) is 31.4 Å². The summed E-state index contributed by atoms with van der Waals surface area (Å²) in [7, 11) is 4.19. The van der Waals surface area contributed by atoms with Gasteiger partial charge in [0.1, 0.15) is 6.04 Å². The number of fused-ring (bicyclic) bond motifs is 4. The number of esters is 2. The van der Waals surface area contributed by atoms with Crippen LogP contribution in [0.3, 0.4) is 0 Å². The Morgan fingerprint density at radius 2 is 1.55 bits per heavy atom. The van der Waals surface area contributed by atoms with Crippen molar-refractivity contribution >= 4 is 17.7 Å². The molecule has 0 fully saturated rings. The molecule has 0 aromatic heterocycles. The molecule has 2 aliphatic rings. The van der Waals surface area contributed by atoms with Crippen molar-refractivity contribution in [1.82, 2.24) is 4.90 Å².